The summed E-state index contributed by atoms with van der Waals surface area (Å²) in [6, 6.07) is 10.3. The molecule has 0 saturated carbocycles. The van der Waals surface area contributed by atoms with Crippen LogP contribution in [0.3, 0.4) is 0 Å². The number of nitrogens with zero attached hydrogens (tertiary/aromatic N) is 7. The highest BCUT2D eigenvalue weighted by molar-refractivity contribution is 5.77. The van der Waals surface area contributed by atoms with Crippen LogP contribution in [0.15, 0.2) is 41.2 Å². The van der Waals surface area contributed by atoms with E-state index in [2.05, 4.69) is 25.2 Å². The van der Waals surface area contributed by atoms with E-state index in [9.17, 15) is 13.6 Å². The molecule has 3 aromatic heterocycles. The molecule has 31 heavy (non-hydrogen) atoms. The number of alkyl halides is 2. The lowest BCUT2D eigenvalue weighted by Crippen LogP contribution is -2.34. The van der Waals surface area contributed by atoms with Gasteiger partial charge in [-0.05, 0) is 50.6 Å². The number of rotatable bonds is 5. The number of fused-ring (bicyclic) bond motifs is 2. The number of aromatic nitrogens is 6. The molecular formula is C21H21F2N7O. The Morgan fingerprint density at radius 3 is 2.84 bits per heavy atom. The van der Waals surface area contributed by atoms with E-state index in [0.29, 0.717) is 34.7 Å². The van der Waals surface area contributed by atoms with Crippen molar-refractivity contribution < 1.29 is 8.78 Å². The molecule has 1 fully saturated rings. The molecular weight excluding hydrogens is 404 g/mol. The minimum absolute atomic E-state index is 0.270. The Bertz CT molecular complexity index is 1320. The predicted octanol–water partition coefficient (Wildman–Crippen LogP) is 2.74. The molecule has 0 N–H and O–H groups in total. The van der Waals surface area contributed by atoms with Crippen molar-refractivity contribution in [2.24, 2.45) is 0 Å². The molecule has 1 unspecified atom stereocenters. The van der Waals surface area contributed by atoms with Crippen LogP contribution in [-0.4, -0.2) is 47.2 Å². The molecule has 0 spiro atoms. The van der Waals surface area contributed by atoms with E-state index in [1.165, 1.54) is 0 Å². The van der Waals surface area contributed by atoms with Crippen LogP contribution >= 0.6 is 0 Å². The third kappa shape index (κ3) is 3.56. The van der Waals surface area contributed by atoms with Gasteiger partial charge in [0.25, 0.3) is 12.0 Å². The fraction of sp³-hybridized carbons (Fsp3) is 0.381. The summed E-state index contributed by atoms with van der Waals surface area (Å²) < 4.78 is 29.5. The van der Waals surface area contributed by atoms with Crippen LogP contribution in [0.1, 0.15) is 36.2 Å². The van der Waals surface area contributed by atoms with Crippen LogP contribution in [-0.2, 0) is 13.1 Å². The first-order valence-corrected chi connectivity index (χ1v) is 10.2. The second kappa shape index (κ2) is 7.77. The van der Waals surface area contributed by atoms with Gasteiger partial charge < -0.3 is 0 Å². The molecule has 1 aliphatic heterocycles. The van der Waals surface area contributed by atoms with Crippen molar-refractivity contribution >= 4 is 16.6 Å². The fourth-order valence-corrected chi connectivity index (χ4v) is 4.27. The Balaban J connectivity index is 1.57. The first-order valence-electron chi connectivity index (χ1n) is 10.2. The van der Waals surface area contributed by atoms with Gasteiger partial charge in [0.1, 0.15) is 5.82 Å². The van der Waals surface area contributed by atoms with Gasteiger partial charge in [-0.2, -0.15) is 9.61 Å². The molecule has 160 valence electrons. The van der Waals surface area contributed by atoms with Crippen molar-refractivity contribution in [3.63, 3.8) is 0 Å². The number of benzene rings is 1. The van der Waals surface area contributed by atoms with Gasteiger partial charge in [-0.15, -0.1) is 10.2 Å². The van der Waals surface area contributed by atoms with Crippen molar-refractivity contribution in [3.05, 3.63) is 64.1 Å². The SMILES string of the molecule is Cc1ccc2nnc(CN3CCCC3c3nc4ccccc4c(=O)n3CC(F)F)n2n1. The summed E-state index contributed by atoms with van der Waals surface area (Å²) in [7, 11) is 0. The zero-order chi connectivity index (χ0) is 21.5. The van der Waals surface area contributed by atoms with Crippen molar-refractivity contribution in [2.75, 3.05) is 6.54 Å². The van der Waals surface area contributed by atoms with Crippen LogP contribution in [0, 0.1) is 6.92 Å². The van der Waals surface area contributed by atoms with E-state index in [0.717, 1.165) is 29.6 Å². The second-order valence-corrected chi connectivity index (χ2v) is 7.78. The maximum Gasteiger partial charge on any atom is 0.261 e. The summed E-state index contributed by atoms with van der Waals surface area (Å²) in [5, 5.41) is 13.3. The molecule has 10 heteroatoms. The molecule has 8 nitrogen and oxygen atoms in total. The van der Waals surface area contributed by atoms with Gasteiger partial charge in [-0.3, -0.25) is 14.3 Å². The van der Waals surface area contributed by atoms with Gasteiger partial charge in [0.2, 0.25) is 0 Å². The van der Waals surface area contributed by atoms with Crippen LogP contribution in [0.5, 0.6) is 0 Å². The smallest absolute Gasteiger partial charge is 0.261 e. The lowest BCUT2D eigenvalue weighted by Gasteiger charge is -2.25. The maximum atomic E-state index is 13.4. The summed E-state index contributed by atoms with van der Waals surface area (Å²) in [6.07, 6.45) is -1.07. The average Bonchev–Trinajstić information content (AvgIpc) is 3.37. The largest absolute Gasteiger partial charge is 0.289 e. The van der Waals surface area contributed by atoms with Crippen LogP contribution in [0.25, 0.3) is 16.6 Å². The highest BCUT2D eigenvalue weighted by Gasteiger charge is 2.32. The van der Waals surface area contributed by atoms with Crippen molar-refractivity contribution in [2.45, 2.75) is 45.3 Å². The number of para-hydroxylation sites is 1. The molecule has 1 atom stereocenters. The molecule has 5 rings (SSSR count). The van der Waals surface area contributed by atoms with Crippen LogP contribution < -0.4 is 5.56 Å². The molecule has 0 amide bonds. The highest BCUT2D eigenvalue weighted by Crippen LogP contribution is 2.32. The molecule has 0 aliphatic carbocycles. The van der Waals surface area contributed by atoms with Crippen LogP contribution in [0.2, 0.25) is 0 Å². The zero-order valence-electron chi connectivity index (χ0n) is 16.9. The summed E-state index contributed by atoms with van der Waals surface area (Å²) in [5.41, 5.74) is 1.58. The van der Waals surface area contributed by atoms with Crippen molar-refractivity contribution in [1.82, 2.24) is 34.3 Å². The average molecular weight is 425 g/mol. The highest BCUT2D eigenvalue weighted by atomic mass is 19.3. The van der Waals surface area contributed by atoms with E-state index < -0.39 is 18.5 Å². The second-order valence-electron chi connectivity index (χ2n) is 7.78. The normalized spacial score (nSPS) is 17.4. The molecule has 1 aromatic carbocycles. The Labute approximate surface area is 176 Å². The van der Waals surface area contributed by atoms with E-state index in [-0.39, 0.29) is 6.04 Å². The number of hydrogen-bond acceptors (Lipinski definition) is 6. The summed E-state index contributed by atoms with van der Waals surface area (Å²) >= 11 is 0. The third-order valence-electron chi connectivity index (χ3n) is 5.68. The fourth-order valence-electron chi connectivity index (χ4n) is 4.27. The van der Waals surface area contributed by atoms with E-state index in [4.69, 9.17) is 0 Å². The Kier molecular flexibility index (Phi) is 4.93. The van der Waals surface area contributed by atoms with Gasteiger partial charge >= 0.3 is 0 Å². The first kappa shape index (κ1) is 19.7. The van der Waals surface area contributed by atoms with E-state index in [1.54, 1.807) is 28.8 Å². The first-order chi connectivity index (χ1) is 15.0. The van der Waals surface area contributed by atoms with Crippen molar-refractivity contribution in [3.8, 4) is 0 Å². The minimum atomic E-state index is -2.65. The Morgan fingerprint density at radius 1 is 1.16 bits per heavy atom. The predicted molar refractivity (Wildman–Crippen MR) is 110 cm³/mol. The van der Waals surface area contributed by atoms with Gasteiger partial charge in [-0.25, -0.2) is 13.8 Å². The van der Waals surface area contributed by atoms with Crippen molar-refractivity contribution in [1.29, 1.82) is 0 Å². The number of aryl methyl sites for hydroxylation is 1. The monoisotopic (exact) mass is 425 g/mol. The third-order valence-corrected chi connectivity index (χ3v) is 5.68. The lowest BCUT2D eigenvalue weighted by molar-refractivity contribution is 0.120. The van der Waals surface area contributed by atoms with Gasteiger partial charge in [-0.1, -0.05) is 12.1 Å². The van der Waals surface area contributed by atoms with Gasteiger partial charge in [0.15, 0.2) is 11.5 Å². The molecule has 0 radical (unpaired) electrons. The van der Waals surface area contributed by atoms with E-state index in [1.807, 2.05) is 19.1 Å². The van der Waals surface area contributed by atoms with Crippen LogP contribution in [0.4, 0.5) is 8.78 Å². The molecule has 1 saturated heterocycles. The number of halogens is 2. The Hall–Kier alpha value is -3.27. The number of likely N-dealkylation sites (tertiary alicyclic amines) is 1. The molecule has 4 aromatic rings. The molecule has 4 heterocycles. The van der Waals surface area contributed by atoms with Gasteiger partial charge in [0, 0.05) is 0 Å². The van der Waals surface area contributed by atoms with Gasteiger partial charge in [0.05, 0.1) is 35.7 Å². The topological polar surface area (TPSA) is 81.2 Å². The maximum absolute atomic E-state index is 13.4. The lowest BCUT2D eigenvalue weighted by atomic mass is 10.1. The summed E-state index contributed by atoms with van der Waals surface area (Å²) in [4.78, 5) is 19.8. The number of hydrogen-bond donors (Lipinski definition) is 0. The standard InChI is InChI=1S/C21H21F2N7O/c1-13-8-9-18-25-26-19(30(18)27-13)12-28-10-4-7-16(28)20-24-15-6-3-2-5-14(15)21(31)29(20)11-17(22)23/h2-3,5-6,8-9,16-17H,4,7,10-12H2,1H3. The molecule has 0 bridgehead atoms. The summed E-state index contributed by atoms with van der Waals surface area (Å²) in [6.45, 7) is 2.39. The minimum Gasteiger partial charge on any atom is -0.289 e. The quantitative estimate of drug-likeness (QED) is 0.489. The molecule has 1 aliphatic rings. The Morgan fingerprint density at radius 2 is 2.00 bits per heavy atom. The van der Waals surface area contributed by atoms with E-state index >= 15 is 0 Å². The zero-order valence-corrected chi connectivity index (χ0v) is 16.9. The summed E-state index contributed by atoms with van der Waals surface area (Å²) in [5.74, 6) is 1.04.